The van der Waals surface area contributed by atoms with Gasteiger partial charge in [0.2, 0.25) is 0 Å². The zero-order valence-electron chi connectivity index (χ0n) is 14.8. The summed E-state index contributed by atoms with van der Waals surface area (Å²) >= 11 is 6.12. The molecule has 1 aromatic heterocycles. The predicted molar refractivity (Wildman–Crippen MR) is 106 cm³/mol. The number of anilines is 3. The number of carbonyl (C=O) groups excluding carboxylic acids is 1. The quantitative estimate of drug-likeness (QED) is 0.642. The monoisotopic (exact) mass is 383 g/mol. The fourth-order valence-electron chi connectivity index (χ4n) is 2.38. The second kappa shape index (κ2) is 8.42. The molecule has 138 valence electrons. The summed E-state index contributed by atoms with van der Waals surface area (Å²) < 4.78 is 10.2. The Balaban J connectivity index is 1.64. The zero-order chi connectivity index (χ0) is 19.2. The molecule has 0 unspecified atom stereocenters. The molecule has 0 aliphatic heterocycles. The summed E-state index contributed by atoms with van der Waals surface area (Å²) in [5.74, 6) is 1.51. The highest BCUT2D eigenvalue weighted by atomic mass is 35.5. The summed E-state index contributed by atoms with van der Waals surface area (Å²) in [4.78, 5) is 16.5. The first kappa shape index (κ1) is 18.5. The number of nitrogens with zero attached hydrogens (tertiary/aromatic N) is 1. The van der Waals surface area contributed by atoms with E-state index in [1.807, 2.05) is 12.1 Å². The predicted octanol–water partition coefficient (Wildman–Crippen LogP) is 4.75. The van der Waals surface area contributed by atoms with Crippen LogP contribution in [0, 0.1) is 0 Å². The first-order valence-corrected chi connectivity index (χ1v) is 8.49. The van der Waals surface area contributed by atoms with Crippen LogP contribution in [0.1, 0.15) is 10.4 Å². The molecule has 0 fully saturated rings. The third-order valence-electron chi connectivity index (χ3n) is 3.80. The zero-order valence-corrected chi connectivity index (χ0v) is 15.6. The van der Waals surface area contributed by atoms with Crippen molar-refractivity contribution in [1.82, 2.24) is 4.98 Å². The Hall–Kier alpha value is -3.25. The van der Waals surface area contributed by atoms with Gasteiger partial charge in [-0.1, -0.05) is 11.6 Å². The van der Waals surface area contributed by atoms with E-state index in [2.05, 4.69) is 15.6 Å². The van der Waals surface area contributed by atoms with E-state index >= 15 is 0 Å². The topological polar surface area (TPSA) is 72.5 Å². The van der Waals surface area contributed by atoms with Gasteiger partial charge in [-0.15, -0.1) is 0 Å². The number of methoxy groups -OCH3 is 2. The van der Waals surface area contributed by atoms with Crippen LogP contribution in [0.25, 0.3) is 0 Å². The van der Waals surface area contributed by atoms with Gasteiger partial charge in [-0.2, -0.15) is 0 Å². The first-order chi connectivity index (χ1) is 13.1. The van der Waals surface area contributed by atoms with Crippen molar-refractivity contribution >= 4 is 34.7 Å². The summed E-state index contributed by atoms with van der Waals surface area (Å²) in [5, 5.41) is 6.46. The molecular weight excluding hydrogens is 366 g/mol. The number of halogens is 1. The molecule has 0 saturated carbocycles. The molecule has 7 heteroatoms. The Kier molecular flexibility index (Phi) is 5.78. The van der Waals surface area contributed by atoms with Crippen LogP contribution in [0.3, 0.4) is 0 Å². The lowest BCUT2D eigenvalue weighted by Crippen LogP contribution is -2.12. The largest absolute Gasteiger partial charge is 0.497 e. The molecule has 3 rings (SSSR count). The van der Waals surface area contributed by atoms with Crippen LogP contribution in [-0.2, 0) is 0 Å². The average Bonchev–Trinajstić information content (AvgIpc) is 2.69. The number of amides is 1. The Bertz CT molecular complexity index is 928. The minimum atomic E-state index is -0.243. The maximum atomic E-state index is 12.3. The molecule has 0 radical (unpaired) electrons. The molecule has 0 atom stereocenters. The minimum Gasteiger partial charge on any atom is -0.497 e. The van der Waals surface area contributed by atoms with Crippen molar-refractivity contribution in [3.8, 4) is 11.5 Å². The van der Waals surface area contributed by atoms with Crippen LogP contribution in [0.5, 0.6) is 11.5 Å². The molecule has 1 amide bonds. The van der Waals surface area contributed by atoms with Gasteiger partial charge in [-0.3, -0.25) is 4.79 Å². The molecule has 0 bridgehead atoms. The van der Waals surface area contributed by atoms with Crippen LogP contribution in [0.15, 0.2) is 60.8 Å². The number of nitrogens with one attached hydrogen (secondary N) is 2. The van der Waals surface area contributed by atoms with Crippen molar-refractivity contribution in [3.05, 3.63) is 71.4 Å². The van der Waals surface area contributed by atoms with Crippen molar-refractivity contribution in [3.63, 3.8) is 0 Å². The highest BCUT2D eigenvalue weighted by Gasteiger charge is 2.07. The van der Waals surface area contributed by atoms with Gasteiger partial charge >= 0.3 is 0 Å². The lowest BCUT2D eigenvalue weighted by molar-refractivity contribution is 0.102. The Morgan fingerprint density at radius 3 is 2.30 bits per heavy atom. The van der Waals surface area contributed by atoms with E-state index in [0.29, 0.717) is 27.9 Å². The van der Waals surface area contributed by atoms with Crippen molar-refractivity contribution in [2.75, 3.05) is 24.9 Å². The summed E-state index contributed by atoms with van der Waals surface area (Å²) in [7, 11) is 3.14. The number of benzene rings is 2. The standard InChI is InChI=1S/C20H18ClN3O3/c1-26-16-7-3-13(4-8-16)20(25)24-19-10-6-15(12-22-19)23-14-5-9-18(27-2)17(21)11-14/h3-12,23H,1-2H3,(H,22,24,25). The second-order valence-corrected chi connectivity index (χ2v) is 6.00. The molecule has 0 spiro atoms. The number of hydrogen-bond acceptors (Lipinski definition) is 5. The SMILES string of the molecule is COc1ccc(C(=O)Nc2ccc(Nc3ccc(OC)c(Cl)c3)cn2)cc1. The number of ether oxygens (including phenoxy) is 2. The lowest BCUT2D eigenvalue weighted by atomic mass is 10.2. The number of pyridine rings is 1. The van der Waals surface area contributed by atoms with Crippen molar-refractivity contribution in [2.45, 2.75) is 0 Å². The van der Waals surface area contributed by atoms with Crippen LogP contribution in [-0.4, -0.2) is 25.1 Å². The van der Waals surface area contributed by atoms with Gasteiger partial charge in [-0.25, -0.2) is 4.98 Å². The van der Waals surface area contributed by atoms with Gasteiger partial charge in [0.1, 0.15) is 17.3 Å². The first-order valence-electron chi connectivity index (χ1n) is 8.11. The molecular formula is C20H18ClN3O3. The van der Waals surface area contributed by atoms with E-state index in [4.69, 9.17) is 21.1 Å². The maximum absolute atomic E-state index is 12.3. The van der Waals surface area contributed by atoms with E-state index in [1.54, 1.807) is 62.9 Å². The summed E-state index contributed by atoms with van der Waals surface area (Å²) in [6, 6.07) is 15.8. The normalized spacial score (nSPS) is 10.2. The average molecular weight is 384 g/mol. The summed E-state index contributed by atoms with van der Waals surface area (Å²) in [6.07, 6.45) is 1.63. The maximum Gasteiger partial charge on any atom is 0.256 e. The Labute approximate surface area is 162 Å². The molecule has 2 N–H and O–H groups in total. The summed E-state index contributed by atoms with van der Waals surface area (Å²) in [6.45, 7) is 0. The Morgan fingerprint density at radius 1 is 0.963 bits per heavy atom. The number of carbonyl (C=O) groups is 1. The number of aromatic nitrogens is 1. The molecule has 2 aromatic carbocycles. The third-order valence-corrected chi connectivity index (χ3v) is 4.09. The number of hydrogen-bond donors (Lipinski definition) is 2. The highest BCUT2D eigenvalue weighted by Crippen LogP contribution is 2.28. The fraction of sp³-hybridized carbons (Fsp3) is 0.100. The van der Waals surface area contributed by atoms with Crippen molar-refractivity contribution < 1.29 is 14.3 Å². The highest BCUT2D eigenvalue weighted by molar-refractivity contribution is 6.32. The molecule has 27 heavy (non-hydrogen) atoms. The second-order valence-electron chi connectivity index (χ2n) is 5.59. The van der Waals surface area contributed by atoms with Gasteiger partial charge in [-0.05, 0) is 54.6 Å². The van der Waals surface area contributed by atoms with Gasteiger partial charge in [0.05, 0.1) is 31.1 Å². The van der Waals surface area contributed by atoms with Gasteiger partial charge in [0.15, 0.2) is 0 Å². The third kappa shape index (κ3) is 4.68. The van der Waals surface area contributed by atoms with E-state index in [9.17, 15) is 4.79 Å². The van der Waals surface area contributed by atoms with Crippen molar-refractivity contribution in [1.29, 1.82) is 0 Å². The molecule has 0 saturated heterocycles. The lowest BCUT2D eigenvalue weighted by Gasteiger charge is -2.10. The van der Waals surface area contributed by atoms with E-state index < -0.39 is 0 Å². The van der Waals surface area contributed by atoms with Crippen LogP contribution < -0.4 is 20.1 Å². The van der Waals surface area contributed by atoms with Gasteiger partial charge < -0.3 is 20.1 Å². The van der Waals surface area contributed by atoms with Crippen LogP contribution in [0.4, 0.5) is 17.2 Å². The van der Waals surface area contributed by atoms with Crippen LogP contribution >= 0.6 is 11.6 Å². The van der Waals surface area contributed by atoms with Gasteiger partial charge in [0, 0.05) is 11.3 Å². The minimum absolute atomic E-state index is 0.243. The molecule has 0 aliphatic carbocycles. The Morgan fingerprint density at radius 2 is 1.70 bits per heavy atom. The van der Waals surface area contributed by atoms with Crippen molar-refractivity contribution in [2.24, 2.45) is 0 Å². The van der Waals surface area contributed by atoms with E-state index in [1.165, 1.54) is 0 Å². The van der Waals surface area contributed by atoms with E-state index in [-0.39, 0.29) is 5.91 Å². The fourth-order valence-corrected chi connectivity index (χ4v) is 2.64. The molecule has 0 aliphatic rings. The number of rotatable bonds is 6. The van der Waals surface area contributed by atoms with Crippen LogP contribution in [0.2, 0.25) is 5.02 Å². The summed E-state index contributed by atoms with van der Waals surface area (Å²) in [5.41, 5.74) is 2.09. The van der Waals surface area contributed by atoms with E-state index in [0.717, 1.165) is 11.4 Å². The van der Waals surface area contributed by atoms with Gasteiger partial charge in [0.25, 0.3) is 5.91 Å². The smallest absolute Gasteiger partial charge is 0.256 e. The molecule has 1 heterocycles. The molecule has 6 nitrogen and oxygen atoms in total. The molecule has 3 aromatic rings.